The molecule has 1 saturated carbocycles. The summed E-state index contributed by atoms with van der Waals surface area (Å²) in [6.45, 7) is 1.97. The summed E-state index contributed by atoms with van der Waals surface area (Å²) in [6.07, 6.45) is 5.23. The largest absolute Gasteiger partial charge is 0.497 e. The minimum Gasteiger partial charge on any atom is -0.497 e. The summed E-state index contributed by atoms with van der Waals surface area (Å²) in [4.78, 5) is 29.4. The lowest BCUT2D eigenvalue weighted by Crippen LogP contribution is -2.47. The third-order valence-electron chi connectivity index (χ3n) is 7.08. The SMILES string of the molecule is COc1ccc(CN(C(=O)Cn2nnc3ccccc32)[C@@H](C(=O)NC2CCCCC2)c2ccc(C)o2)cc1. The standard InChI is InChI=1S/C29H33N5O4/c1-20-12-17-26(38-20)28(29(36)30-22-8-4-3-5-9-22)33(18-21-13-15-23(37-2)16-14-21)27(35)19-34-25-11-7-6-10-24(25)31-32-34/h6-7,10-17,22,28H,3-5,8-9,18-19H2,1-2H3,(H,30,36)/t28-/m1/s1. The van der Waals surface area contributed by atoms with Gasteiger partial charge < -0.3 is 19.4 Å². The van der Waals surface area contributed by atoms with E-state index in [2.05, 4.69) is 15.6 Å². The summed E-state index contributed by atoms with van der Waals surface area (Å²) >= 11 is 0. The van der Waals surface area contributed by atoms with Crippen molar-refractivity contribution >= 4 is 22.8 Å². The Morgan fingerprint density at radius 1 is 1.08 bits per heavy atom. The zero-order chi connectivity index (χ0) is 26.5. The highest BCUT2D eigenvalue weighted by Crippen LogP contribution is 2.28. The van der Waals surface area contributed by atoms with Crippen LogP contribution in [0.2, 0.25) is 0 Å². The molecule has 2 aromatic carbocycles. The Balaban J connectivity index is 1.49. The van der Waals surface area contributed by atoms with Gasteiger partial charge in [-0.2, -0.15) is 0 Å². The minimum absolute atomic E-state index is 0.0659. The number of furan rings is 1. The van der Waals surface area contributed by atoms with E-state index >= 15 is 0 Å². The van der Waals surface area contributed by atoms with Crippen LogP contribution in [-0.2, 0) is 22.7 Å². The summed E-state index contributed by atoms with van der Waals surface area (Å²) in [6, 6.07) is 17.7. The van der Waals surface area contributed by atoms with E-state index in [1.807, 2.05) is 61.5 Å². The Hall–Kier alpha value is -4.14. The van der Waals surface area contributed by atoms with Crippen LogP contribution in [-0.4, -0.2) is 44.9 Å². The van der Waals surface area contributed by atoms with Crippen molar-refractivity contribution in [2.75, 3.05) is 7.11 Å². The van der Waals surface area contributed by atoms with Crippen molar-refractivity contribution in [3.63, 3.8) is 0 Å². The van der Waals surface area contributed by atoms with Gasteiger partial charge in [-0.05, 0) is 61.7 Å². The van der Waals surface area contributed by atoms with Gasteiger partial charge in [0.1, 0.15) is 29.3 Å². The fourth-order valence-electron chi connectivity index (χ4n) is 5.06. The lowest BCUT2D eigenvalue weighted by atomic mass is 9.95. The molecule has 0 saturated heterocycles. The Morgan fingerprint density at radius 3 is 2.55 bits per heavy atom. The smallest absolute Gasteiger partial charge is 0.250 e. The molecule has 5 rings (SSSR count). The number of carbonyl (C=O) groups excluding carboxylic acids is 2. The average molecular weight is 516 g/mol. The molecule has 1 atom stereocenters. The maximum absolute atomic E-state index is 14.0. The van der Waals surface area contributed by atoms with E-state index in [9.17, 15) is 9.59 Å². The maximum atomic E-state index is 14.0. The van der Waals surface area contributed by atoms with Gasteiger partial charge in [-0.25, -0.2) is 4.68 Å². The summed E-state index contributed by atoms with van der Waals surface area (Å²) < 4.78 is 12.8. The van der Waals surface area contributed by atoms with Gasteiger partial charge in [-0.3, -0.25) is 9.59 Å². The molecule has 2 heterocycles. The van der Waals surface area contributed by atoms with Crippen LogP contribution in [0.3, 0.4) is 0 Å². The van der Waals surface area contributed by atoms with Crippen molar-refractivity contribution in [1.82, 2.24) is 25.2 Å². The van der Waals surface area contributed by atoms with Crippen molar-refractivity contribution in [3.05, 3.63) is 77.7 Å². The van der Waals surface area contributed by atoms with E-state index in [1.54, 1.807) is 22.8 Å². The van der Waals surface area contributed by atoms with Crippen molar-refractivity contribution < 1.29 is 18.7 Å². The van der Waals surface area contributed by atoms with Crippen LogP contribution >= 0.6 is 0 Å². The first kappa shape index (κ1) is 25.5. The Kier molecular flexibility index (Phi) is 7.72. The molecule has 198 valence electrons. The summed E-state index contributed by atoms with van der Waals surface area (Å²) in [5.74, 6) is 1.32. The molecule has 0 spiro atoms. The molecule has 4 aromatic rings. The number of rotatable bonds is 9. The number of benzene rings is 2. The van der Waals surface area contributed by atoms with Gasteiger partial charge in [0.2, 0.25) is 5.91 Å². The number of aromatic nitrogens is 3. The topological polar surface area (TPSA) is 102 Å². The van der Waals surface area contributed by atoms with E-state index < -0.39 is 6.04 Å². The zero-order valence-corrected chi connectivity index (χ0v) is 21.8. The second-order valence-corrected chi connectivity index (χ2v) is 9.80. The monoisotopic (exact) mass is 515 g/mol. The van der Waals surface area contributed by atoms with E-state index in [0.717, 1.165) is 36.8 Å². The van der Waals surface area contributed by atoms with Crippen LogP contribution < -0.4 is 10.1 Å². The van der Waals surface area contributed by atoms with E-state index in [0.29, 0.717) is 22.8 Å². The second kappa shape index (κ2) is 11.5. The molecular weight excluding hydrogens is 482 g/mol. The van der Waals surface area contributed by atoms with Gasteiger partial charge in [0, 0.05) is 12.6 Å². The van der Waals surface area contributed by atoms with Gasteiger partial charge in [0.25, 0.3) is 5.91 Å². The third-order valence-corrected chi connectivity index (χ3v) is 7.08. The lowest BCUT2D eigenvalue weighted by Gasteiger charge is -2.32. The molecule has 1 aliphatic rings. The number of fused-ring (bicyclic) bond motifs is 1. The van der Waals surface area contributed by atoms with Gasteiger partial charge in [0.15, 0.2) is 6.04 Å². The molecule has 9 nitrogen and oxygen atoms in total. The van der Waals surface area contributed by atoms with Crippen molar-refractivity contribution in [2.45, 2.75) is 64.2 Å². The number of ether oxygens (including phenoxy) is 1. The Morgan fingerprint density at radius 2 is 1.84 bits per heavy atom. The first-order valence-corrected chi connectivity index (χ1v) is 13.1. The molecule has 0 aliphatic heterocycles. The lowest BCUT2D eigenvalue weighted by molar-refractivity contribution is -0.143. The molecule has 38 heavy (non-hydrogen) atoms. The minimum atomic E-state index is -0.935. The third kappa shape index (κ3) is 5.72. The van der Waals surface area contributed by atoms with E-state index in [-0.39, 0.29) is 30.9 Å². The Bertz CT molecular complexity index is 1390. The highest BCUT2D eigenvalue weighted by molar-refractivity contribution is 5.89. The number of aryl methyl sites for hydroxylation is 1. The van der Waals surface area contributed by atoms with Crippen molar-refractivity contribution in [2.24, 2.45) is 0 Å². The number of hydrogen-bond acceptors (Lipinski definition) is 6. The molecule has 0 unspecified atom stereocenters. The molecule has 1 N–H and O–H groups in total. The molecule has 1 aliphatic carbocycles. The molecule has 0 radical (unpaired) electrons. The molecule has 9 heteroatoms. The van der Waals surface area contributed by atoms with Crippen LogP contribution in [0.5, 0.6) is 5.75 Å². The zero-order valence-electron chi connectivity index (χ0n) is 21.8. The molecule has 1 fully saturated rings. The summed E-state index contributed by atoms with van der Waals surface area (Å²) in [5.41, 5.74) is 2.32. The highest BCUT2D eigenvalue weighted by atomic mass is 16.5. The number of nitrogens with one attached hydrogen (secondary N) is 1. The highest BCUT2D eigenvalue weighted by Gasteiger charge is 2.35. The summed E-state index contributed by atoms with van der Waals surface area (Å²) in [5, 5.41) is 11.6. The van der Waals surface area contributed by atoms with Crippen LogP contribution in [0.25, 0.3) is 11.0 Å². The fraction of sp³-hybridized carbons (Fsp3) is 0.379. The number of carbonyl (C=O) groups is 2. The first-order valence-electron chi connectivity index (χ1n) is 13.1. The van der Waals surface area contributed by atoms with Gasteiger partial charge >= 0.3 is 0 Å². The number of methoxy groups -OCH3 is 1. The van der Waals surface area contributed by atoms with Crippen molar-refractivity contribution in [1.29, 1.82) is 0 Å². The number of amides is 2. The number of para-hydroxylation sites is 1. The van der Waals surface area contributed by atoms with Gasteiger partial charge in [0.05, 0.1) is 12.6 Å². The average Bonchev–Trinajstić information content (AvgIpc) is 3.55. The number of nitrogens with zero attached hydrogens (tertiary/aromatic N) is 4. The molecule has 0 bridgehead atoms. The maximum Gasteiger partial charge on any atom is 0.250 e. The normalized spacial score (nSPS) is 14.8. The summed E-state index contributed by atoms with van der Waals surface area (Å²) in [7, 11) is 1.61. The Labute approximate surface area is 221 Å². The second-order valence-electron chi connectivity index (χ2n) is 9.80. The molecule has 2 amide bonds. The number of hydrogen-bond donors (Lipinski definition) is 1. The van der Waals surface area contributed by atoms with Crippen LogP contribution in [0.15, 0.2) is 65.1 Å². The van der Waals surface area contributed by atoms with Crippen LogP contribution in [0.4, 0.5) is 0 Å². The van der Waals surface area contributed by atoms with Crippen LogP contribution in [0, 0.1) is 6.92 Å². The van der Waals surface area contributed by atoms with Crippen LogP contribution in [0.1, 0.15) is 55.2 Å². The van der Waals surface area contributed by atoms with E-state index in [4.69, 9.17) is 9.15 Å². The first-order chi connectivity index (χ1) is 18.5. The van der Waals surface area contributed by atoms with E-state index in [1.165, 1.54) is 6.42 Å². The molecule has 2 aromatic heterocycles. The van der Waals surface area contributed by atoms with Gasteiger partial charge in [-0.15, -0.1) is 5.10 Å². The predicted octanol–water partition coefficient (Wildman–Crippen LogP) is 4.56. The fourth-order valence-corrected chi connectivity index (χ4v) is 5.06. The predicted molar refractivity (Wildman–Crippen MR) is 142 cm³/mol. The quantitative estimate of drug-likeness (QED) is 0.351. The van der Waals surface area contributed by atoms with Crippen molar-refractivity contribution in [3.8, 4) is 5.75 Å². The molecular formula is C29H33N5O4. The van der Waals surface area contributed by atoms with Gasteiger partial charge in [-0.1, -0.05) is 48.7 Å².